The fraction of sp³-hybridized carbons (Fsp3) is 0.350. The van der Waals surface area contributed by atoms with Crippen LogP contribution in [0, 0.1) is 5.82 Å². The summed E-state index contributed by atoms with van der Waals surface area (Å²) < 4.78 is 18.6. The second-order valence-corrected chi connectivity index (χ2v) is 6.76. The summed E-state index contributed by atoms with van der Waals surface area (Å²) in [6.07, 6.45) is 0. The highest BCUT2D eigenvalue weighted by atomic mass is 35.5. The molecule has 0 unspecified atom stereocenters. The van der Waals surface area contributed by atoms with Gasteiger partial charge in [-0.3, -0.25) is 4.79 Å². The molecule has 0 saturated carbocycles. The fourth-order valence-electron chi connectivity index (χ4n) is 3.06. The number of hydrogen-bond acceptors (Lipinski definition) is 4. The van der Waals surface area contributed by atoms with Crippen LogP contribution in [0.15, 0.2) is 42.5 Å². The zero-order chi connectivity index (χ0) is 19.2. The number of rotatable bonds is 6. The molecule has 3 rings (SSSR count). The van der Waals surface area contributed by atoms with Gasteiger partial charge in [-0.1, -0.05) is 30.7 Å². The molecule has 1 amide bonds. The van der Waals surface area contributed by atoms with Gasteiger partial charge in [-0.05, 0) is 30.8 Å². The molecule has 1 heterocycles. The van der Waals surface area contributed by atoms with Crippen molar-refractivity contribution < 1.29 is 13.9 Å². The van der Waals surface area contributed by atoms with E-state index < -0.39 is 5.82 Å². The number of ether oxygens (including phenoxy) is 1. The normalized spacial score (nSPS) is 14.9. The summed E-state index contributed by atoms with van der Waals surface area (Å²) in [5, 5.41) is 2.87. The first-order valence-electron chi connectivity index (χ1n) is 9.01. The van der Waals surface area contributed by atoms with E-state index in [-0.39, 0.29) is 17.5 Å². The molecule has 1 fully saturated rings. The van der Waals surface area contributed by atoms with Crippen LogP contribution in [0.4, 0.5) is 15.8 Å². The lowest BCUT2D eigenvalue weighted by molar-refractivity contribution is -0.118. The Labute approximate surface area is 163 Å². The average molecular weight is 392 g/mol. The second kappa shape index (κ2) is 9.06. The van der Waals surface area contributed by atoms with Gasteiger partial charge in [0.1, 0.15) is 11.6 Å². The van der Waals surface area contributed by atoms with E-state index in [4.69, 9.17) is 16.3 Å². The van der Waals surface area contributed by atoms with Gasteiger partial charge in [-0.15, -0.1) is 0 Å². The van der Waals surface area contributed by atoms with Crippen molar-refractivity contribution in [3.05, 3.63) is 53.3 Å². The maximum Gasteiger partial charge on any atom is 0.262 e. The summed E-state index contributed by atoms with van der Waals surface area (Å²) in [6.45, 7) is 6.89. The highest BCUT2D eigenvalue weighted by molar-refractivity contribution is 6.30. The van der Waals surface area contributed by atoms with Gasteiger partial charge >= 0.3 is 0 Å². The minimum absolute atomic E-state index is 0.0375. The van der Waals surface area contributed by atoms with E-state index >= 15 is 0 Å². The first-order valence-corrected chi connectivity index (χ1v) is 9.38. The topological polar surface area (TPSA) is 44.8 Å². The Morgan fingerprint density at radius 3 is 2.63 bits per heavy atom. The van der Waals surface area contributed by atoms with E-state index in [1.54, 1.807) is 0 Å². The zero-order valence-electron chi connectivity index (χ0n) is 15.3. The Hall–Kier alpha value is -2.31. The summed E-state index contributed by atoms with van der Waals surface area (Å²) >= 11 is 5.72. The molecule has 0 radical (unpaired) electrons. The molecular weight excluding hydrogens is 369 g/mol. The number of carbonyl (C=O) groups is 1. The SMILES string of the molecule is CCN1CCN(c2ccccc2NC(=O)COc2ccc(F)c(Cl)c2)CC1. The van der Waals surface area contributed by atoms with E-state index in [9.17, 15) is 9.18 Å². The third-order valence-corrected chi connectivity index (χ3v) is 4.89. The number of hydrogen-bond donors (Lipinski definition) is 1. The first-order chi connectivity index (χ1) is 13.1. The molecule has 0 spiro atoms. The van der Waals surface area contributed by atoms with Crippen LogP contribution in [0.3, 0.4) is 0 Å². The van der Waals surface area contributed by atoms with Crippen LogP contribution in [-0.4, -0.2) is 50.1 Å². The Balaban J connectivity index is 1.60. The Morgan fingerprint density at radius 2 is 1.93 bits per heavy atom. The van der Waals surface area contributed by atoms with E-state index in [0.717, 1.165) is 44.1 Å². The van der Waals surface area contributed by atoms with Crippen LogP contribution in [-0.2, 0) is 4.79 Å². The van der Waals surface area contributed by atoms with Gasteiger partial charge in [-0.25, -0.2) is 4.39 Å². The van der Waals surface area contributed by atoms with Crippen molar-refractivity contribution in [1.29, 1.82) is 0 Å². The Kier molecular flexibility index (Phi) is 6.53. The van der Waals surface area contributed by atoms with E-state index in [1.165, 1.54) is 18.2 Å². The number of para-hydroxylation sites is 2. The molecule has 144 valence electrons. The minimum atomic E-state index is -0.523. The lowest BCUT2D eigenvalue weighted by Gasteiger charge is -2.36. The quantitative estimate of drug-likeness (QED) is 0.816. The number of amides is 1. The molecule has 1 saturated heterocycles. The molecule has 1 aliphatic rings. The number of nitrogens with one attached hydrogen (secondary N) is 1. The maximum atomic E-state index is 13.2. The van der Waals surface area contributed by atoms with Crippen molar-refractivity contribution in [2.75, 3.05) is 49.5 Å². The van der Waals surface area contributed by atoms with Gasteiger partial charge in [-0.2, -0.15) is 0 Å². The number of anilines is 2. The van der Waals surface area contributed by atoms with Gasteiger partial charge in [0.2, 0.25) is 0 Å². The molecule has 2 aromatic carbocycles. The third-order valence-electron chi connectivity index (χ3n) is 4.60. The van der Waals surface area contributed by atoms with Gasteiger partial charge in [0, 0.05) is 32.2 Å². The summed E-state index contributed by atoms with van der Waals surface area (Å²) in [7, 11) is 0. The molecule has 0 atom stereocenters. The average Bonchev–Trinajstić information content (AvgIpc) is 2.69. The van der Waals surface area contributed by atoms with Crippen molar-refractivity contribution in [2.45, 2.75) is 6.92 Å². The van der Waals surface area contributed by atoms with E-state index in [0.29, 0.717) is 5.75 Å². The molecule has 1 aliphatic heterocycles. The van der Waals surface area contributed by atoms with Crippen molar-refractivity contribution >= 4 is 28.9 Å². The standard InChI is InChI=1S/C20H23ClFN3O2/c1-2-24-9-11-25(12-10-24)19-6-4-3-5-18(19)23-20(26)14-27-15-7-8-17(22)16(21)13-15/h3-8,13H,2,9-12,14H2,1H3,(H,23,26). The molecule has 5 nitrogen and oxygen atoms in total. The smallest absolute Gasteiger partial charge is 0.262 e. The van der Waals surface area contributed by atoms with Crippen LogP contribution in [0.2, 0.25) is 5.02 Å². The van der Waals surface area contributed by atoms with E-state index in [2.05, 4.69) is 22.0 Å². The third kappa shape index (κ3) is 5.11. The van der Waals surface area contributed by atoms with Crippen molar-refractivity contribution in [2.24, 2.45) is 0 Å². The number of benzene rings is 2. The zero-order valence-corrected chi connectivity index (χ0v) is 16.0. The molecule has 7 heteroatoms. The predicted molar refractivity (Wildman–Crippen MR) is 106 cm³/mol. The van der Waals surface area contributed by atoms with Gasteiger partial charge in [0.15, 0.2) is 6.61 Å². The highest BCUT2D eigenvalue weighted by Crippen LogP contribution is 2.27. The lowest BCUT2D eigenvalue weighted by Crippen LogP contribution is -2.46. The molecule has 0 aliphatic carbocycles. The predicted octanol–water partition coefficient (Wildman–Crippen LogP) is 3.64. The summed E-state index contributed by atoms with van der Waals surface area (Å²) in [4.78, 5) is 17.0. The molecular formula is C20H23ClFN3O2. The Bertz CT molecular complexity index is 795. The second-order valence-electron chi connectivity index (χ2n) is 6.35. The number of likely N-dealkylation sites (N-methyl/N-ethyl adjacent to an activating group) is 1. The first kappa shape index (κ1) is 19.5. The number of piperazine rings is 1. The molecule has 1 N–H and O–H groups in total. The maximum absolute atomic E-state index is 13.2. The van der Waals surface area contributed by atoms with Gasteiger partial charge in [0.25, 0.3) is 5.91 Å². The molecule has 0 bridgehead atoms. The van der Waals surface area contributed by atoms with E-state index in [1.807, 2.05) is 24.3 Å². The van der Waals surface area contributed by atoms with Crippen LogP contribution >= 0.6 is 11.6 Å². The van der Waals surface area contributed by atoms with Crippen LogP contribution < -0.4 is 15.0 Å². The summed E-state index contributed by atoms with van der Waals surface area (Å²) in [6, 6.07) is 11.8. The van der Waals surface area contributed by atoms with Crippen molar-refractivity contribution in [3.8, 4) is 5.75 Å². The largest absolute Gasteiger partial charge is 0.484 e. The van der Waals surface area contributed by atoms with Crippen molar-refractivity contribution in [1.82, 2.24) is 4.90 Å². The lowest BCUT2D eigenvalue weighted by atomic mass is 10.2. The highest BCUT2D eigenvalue weighted by Gasteiger charge is 2.18. The van der Waals surface area contributed by atoms with Gasteiger partial charge < -0.3 is 19.9 Å². The Morgan fingerprint density at radius 1 is 1.19 bits per heavy atom. The summed E-state index contributed by atoms with van der Waals surface area (Å²) in [5.41, 5.74) is 1.76. The number of carbonyl (C=O) groups excluding carboxylic acids is 1. The number of nitrogens with zero attached hydrogens (tertiary/aromatic N) is 2. The van der Waals surface area contributed by atoms with Crippen LogP contribution in [0.25, 0.3) is 0 Å². The fourth-order valence-corrected chi connectivity index (χ4v) is 3.23. The minimum Gasteiger partial charge on any atom is -0.484 e. The van der Waals surface area contributed by atoms with Gasteiger partial charge in [0.05, 0.1) is 16.4 Å². The number of halogens is 2. The molecule has 27 heavy (non-hydrogen) atoms. The summed E-state index contributed by atoms with van der Waals surface area (Å²) in [5.74, 6) is -0.457. The van der Waals surface area contributed by atoms with Crippen LogP contribution in [0.5, 0.6) is 5.75 Å². The van der Waals surface area contributed by atoms with Crippen molar-refractivity contribution in [3.63, 3.8) is 0 Å². The molecule has 0 aromatic heterocycles. The monoisotopic (exact) mass is 391 g/mol. The van der Waals surface area contributed by atoms with Crippen LogP contribution in [0.1, 0.15) is 6.92 Å². The molecule has 2 aromatic rings.